The maximum absolute atomic E-state index is 4.99. The molecule has 0 bridgehead atoms. The van der Waals surface area contributed by atoms with Crippen LogP contribution in [0.2, 0.25) is 0 Å². The zero-order valence-electron chi connectivity index (χ0n) is 65.6. The Morgan fingerprint density at radius 3 is 0.708 bits per heavy atom. The highest BCUT2D eigenvalue weighted by Crippen LogP contribution is 2.34. The minimum absolute atomic E-state index is 0.890. The number of benzene rings is 8. The lowest BCUT2D eigenvalue weighted by Crippen LogP contribution is -2.32. The number of hydrogen-bond donors (Lipinski definition) is 0. The molecule has 0 atom stereocenters. The van der Waals surface area contributed by atoms with Crippen molar-refractivity contribution in [1.29, 1.82) is 0 Å². The number of pyridine rings is 4. The fourth-order valence-corrected chi connectivity index (χ4v) is 15.4. The number of nitrogens with zero attached hydrogens (tertiary/aromatic N) is 12. The van der Waals surface area contributed by atoms with Gasteiger partial charge in [-0.2, -0.15) is 0 Å². The summed E-state index contributed by atoms with van der Waals surface area (Å²) in [6.45, 7) is 34.6. The third-order valence-electron chi connectivity index (χ3n) is 21.4. The number of aromatic nitrogens is 12. The molecule has 0 unspecified atom stereocenters. The van der Waals surface area contributed by atoms with Gasteiger partial charge in [-0.3, -0.25) is 18.3 Å². The Bertz CT molecular complexity index is 5620. The van der Waals surface area contributed by atoms with E-state index in [1.807, 2.05) is 12.1 Å². The first-order valence-electron chi connectivity index (χ1n) is 37.1. The first-order valence-corrected chi connectivity index (χ1v) is 37.1. The van der Waals surface area contributed by atoms with E-state index in [1.54, 1.807) is 0 Å². The van der Waals surface area contributed by atoms with Crippen LogP contribution in [0.3, 0.4) is 0 Å². The van der Waals surface area contributed by atoms with Crippen molar-refractivity contribution in [2.45, 2.75) is 124 Å². The molecule has 0 amide bonds. The van der Waals surface area contributed by atoms with Crippen molar-refractivity contribution in [3.63, 3.8) is 0 Å². The van der Waals surface area contributed by atoms with Crippen molar-refractivity contribution in [3.05, 3.63) is 308 Å². The first-order chi connectivity index (χ1) is 51.0. The van der Waals surface area contributed by atoms with Crippen molar-refractivity contribution >= 4 is 44.7 Å². The number of para-hydroxylation sites is 4. The van der Waals surface area contributed by atoms with Crippen LogP contribution < -0.4 is 18.3 Å². The Labute approximate surface area is 625 Å². The van der Waals surface area contributed by atoms with Gasteiger partial charge in [0.05, 0.1) is 28.2 Å². The van der Waals surface area contributed by atoms with E-state index in [0.717, 1.165) is 104 Å². The fraction of sp³-hybridized carbons (Fsp3) is 0.234. The summed E-state index contributed by atoms with van der Waals surface area (Å²) >= 11 is 0. The van der Waals surface area contributed by atoms with Gasteiger partial charge in [0, 0.05) is 71.7 Å². The van der Waals surface area contributed by atoms with Crippen LogP contribution in [0.15, 0.2) is 218 Å². The Kier molecular flexibility index (Phi) is 20.6. The highest BCUT2D eigenvalue weighted by molar-refractivity contribution is 5.80. The molecular weight excluding hydrogens is 1300 g/mol. The summed E-state index contributed by atoms with van der Waals surface area (Å²) in [4.78, 5) is 19.7. The predicted molar refractivity (Wildman–Crippen MR) is 436 cm³/mol. The molecule has 16 rings (SSSR count). The second-order valence-corrected chi connectivity index (χ2v) is 28.7. The molecule has 106 heavy (non-hydrogen) atoms. The molecule has 0 aliphatic carbocycles. The minimum Gasteiger partial charge on any atom is -0.270 e. The second-order valence-electron chi connectivity index (χ2n) is 28.7. The van der Waals surface area contributed by atoms with E-state index in [0.29, 0.717) is 0 Å². The van der Waals surface area contributed by atoms with E-state index in [-0.39, 0.29) is 0 Å². The monoisotopic (exact) mass is 1400 g/mol. The zero-order chi connectivity index (χ0) is 75.1. The van der Waals surface area contributed by atoms with Gasteiger partial charge in [0.25, 0.3) is 0 Å². The smallest absolute Gasteiger partial charge is 0.270 e. The van der Waals surface area contributed by atoms with E-state index in [4.69, 9.17) is 19.9 Å². The number of rotatable bonds is 10. The van der Waals surface area contributed by atoms with Crippen LogP contribution in [0.4, 0.5) is 0 Å². The molecule has 16 aromatic rings. The highest BCUT2D eigenvalue weighted by atomic mass is 15.2. The second kappa shape index (κ2) is 30.1. The molecule has 0 N–H and O–H groups in total. The van der Waals surface area contributed by atoms with Gasteiger partial charge in [-0.1, -0.05) is 133 Å². The van der Waals surface area contributed by atoms with E-state index in [9.17, 15) is 0 Å². The van der Waals surface area contributed by atoms with Crippen LogP contribution in [-0.2, 0) is 41.0 Å². The van der Waals surface area contributed by atoms with Gasteiger partial charge in [0.1, 0.15) is 44.8 Å². The molecule has 8 heterocycles. The molecule has 0 saturated carbocycles. The van der Waals surface area contributed by atoms with Gasteiger partial charge in [-0.15, -0.1) is 0 Å². The van der Waals surface area contributed by atoms with Crippen LogP contribution in [-0.4, -0.2) is 38.2 Å². The van der Waals surface area contributed by atoms with E-state index >= 15 is 0 Å². The molecule has 0 fully saturated rings. The molecule has 0 spiro atoms. The standard InChI is InChI=1S/2C24H26N3.2C23H24N3/c2*1-6-23-25-24-22(27(23)19-10-8-7-9-11-19)13-12-21(26(24)5)20-15-16(2)14-17(3)18(20)4;2*1-15-13-16(2)17(3)20(14-15)21-11-12-22-23(25(21)5)24-18(4)26(22)19-9-7-6-8-10-19/h2*7-15H,6H2,1-5H3;2*6-14H,1-5H3/q4*+1. The zero-order valence-corrected chi connectivity index (χ0v) is 65.6. The summed E-state index contributed by atoms with van der Waals surface area (Å²) in [5, 5.41) is 0. The van der Waals surface area contributed by atoms with Gasteiger partial charge in [0.15, 0.2) is 0 Å². The molecular formula is C94H100N12+4. The lowest BCUT2D eigenvalue weighted by molar-refractivity contribution is -0.635. The SMILES string of the molecule is CCc1nc2c(ccc(-c3cc(C)cc(C)c3C)[n+]2C)n1-c1ccccc1.CCc1nc2c(ccc(-c3cc(C)cc(C)c3C)[n+]2C)n1-c1ccccc1.Cc1cc(C)c(C)c(-c2ccc3c(nc(C)n3-c3ccccc3)[n+]2C)c1.Cc1cc(C)c(C)c(-c2ccc3c(nc(C)n3-c3ccccc3)[n+]2C)c1. The van der Waals surface area contributed by atoms with Crippen LogP contribution in [0.5, 0.6) is 0 Å². The van der Waals surface area contributed by atoms with Crippen molar-refractivity contribution < 1.29 is 18.3 Å². The number of imidazole rings is 4. The predicted octanol–water partition coefficient (Wildman–Crippen LogP) is 19.5. The van der Waals surface area contributed by atoms with Gasteiger partial charge < -0.3 is 0 Å². The first kappa shape index (κ1) is 72.6. The summed E-state index contributed by atoms with van der Waals surface area (Å²) in [5.74, 6) is 4.16. The minimum atomic E-state index is 0.890. The molecule has 532 valence electrons. The number of hydrogen-bond acceptors (Lipinski definition) is 4. The molecule has 0 radical (unpaired) electrons. The largest absolute Gasteiger partial charge is 0.349 e. The van der Waals surface area contributed by atoms with Gasteiger partial charge in [-0.25, -0.2) is 18.3 Å². The third-order valence-corrected chi connectivity index (χ3v) is 21.4. The summed E-state index contributed by atoms with van der Waals surface area (Å²) in [6, 6.07) is 77.5. The maximum Gasteiger partial charge on any atom is 0.349 e. The fourth-order valence-electron chi connectivity index (χ4n) is 15.4. The highest BCUT2D eigenvalue weighted by Gasteiger charge is 2.29. The number of aryl methyl sites for hydroxylation is 16. The number of fused-ring (bicyclic) bond motifs is 4. The average Bonchev–Trinajstić information content (AvgIpc) is 1.61. The Morgan fingerprint density at radius 1 is 0.255 bits per heavy atom. The quantitative estimate of drug-likeness (QED) is 0.128. The average molecular weight is 1400 g/mol. The van der Waals surface area contributed by atoms with Gasteiger partial charge in [-0.05, 0) is 269 Å². The van der Waals surface area contributed by atoms with Gasteiger partial charge >= 0.3 is 22.6 Å². The summed E-state index contributed by atoms with van der Waals surface area (Å²) in [6.07, 6.45) is 1.78. The molecule has 0 aliphatic rings. The Hall–Kier alpha value is -11.8. The lowest BCUT2D eigenvalue weighted by atomic mass is 9.97. The van der Waals surface area contributed by atoms with Gasteiger partial charge in [0.2, 0.25) is 23.3 Å². The van der Waals surface area contributed by atoms with Crippen LogP contribution >= 0.6 is 0 Å². The normalized spacial score (nSPS) is 11.3. The van der Waals surface area contributed by atoms with Crippen molar-refractivity contribution in [3.8, 4) is 67.8 Å². The topological polar surface area (TPSA) is 86.8 Å². The molecule has 8 aromatic carbocycles. The molecule has 0 saturated heterocycles. The third kappa shape index (κ3) is 13.8. The van der Waals surface area contributed by atoms with Crippen molar-refractivity contribution in [2.75, 3.05) is 0 Å². The maximum atomic E-state index is 4.99. The van der Waals surface area contributed by atoms with E-state index < -0.39 is 0 Å². The van der Waals surface area contributed by atoms with E-state index in [1.165, 1.54) is 112 Å². The van der Waals surface area contributed by atoms with Crippen LogP contribution in [0.25, 0.3) is 112 Å². The van der Waals surface area contributed by atoms with Crippen molar-refractivity contribution in [1.82, 2.24) is 38.2 Å². The summed E-state index contributed by atoms with van der Waals surface area (Å²) in [7, 11) is 8.46. The Morgan fingerprint density at radius 2 is 0.472 bits per heavy atom. The summed E-state index contributed by atoms with van der Waals surface area (Å²) in [5.41, 5.74) is 38.9. The summed E-state index contributed by atoms with van der Waals surface area (Å²) < 4.78 is 17.9. The van der Waals surface area contributed by atoms with E-state index in [2.05, 4.69) is 382 Å². The molecule has 12 heteroatoms. The van der Waals surface area contributed by atoms with Crippen molar-refractivity contribution in [2.24, 2.45) is 28.2 Å². The van der Waals surface area contributed by atoms with Crippen LogP contribution in [0.1, 0.15) is 104 Å². The lowest BCUT2D eigenvalue weighted by Gasteiger charge is -2.11. The molecule has 0 aliphatic heterocycles. The van der Waals surface area contributed by atoms with Crippen LogP contribution in [0, 0.1) is 96.9 Å². The molecule has 12 nitrogen and oxygen atoms in total. The molecule has 8 aromatic heterocycles. The Balaban J connectivity index is 0.000000125.